The minimum Gasteiger partial charge on any atom is -0.496 e. The number of hydrogen-bond acceptors (Lipinski definition) is 3. The number of benzene rings is 4. The van der Waals surface area contributed by atoms with Gasteiger partial charge >= 0.3 is 0 Å². The second-order valence-corrected chi connectivity index (χ2v) is 7.16. The Morgan fingerprint density at radius 2 is 1.10 bits per heavy atom. The van der Waals surface area contributed by atoms with Crippen LogP contribution in [-0.4, -0.2) is 21.9 Å². The zero-order chi connectivity index (χ0) is 21.0. The topological polar surface area (TPSA) is 39.9 Å². The van der Waals surface area contributed by atoms with Crippen molar-refractivity contribution in [3.63, 3.8) is 0 Å². The summed E-state index contributed by atoms with van der Waals surface area (Å²) in [4.78, 5) is 0. The predicted molar refractivity (Wildman–Crippen MR) is 124 cm³/mol. The van der Waals surface area contributed by atoms with Crippen LogP contribution in [0.1, 0.15) is 0 Å². The van der Waals surface area contributed by atoms with E-state index >= 15 is 0 Å². The molecular formula is C27H21N3O. The van der Waals surface area contributed by atoms with E-state index in [0.717, 1.165) is 34.2 Å². The van der Waals surface area contributed by atoms with Crippen molar-refractivity contribution < 1.29 is 4.74 Å². The third-order valence-electron chi connectivity index (χ3n) is 5.28. The Morgan fingerprint density at radius 1 is 0.548 bits per heavy atom. The smallest absolute Gasteiger partial charge is 0.172 e. The fraction of sp³-hybridized carbons (Fsp3) is 0.0370. The monoisotopic (exact) mass is 403 g/mol. The van der Waals surface area contributed by atoms with E-state index in [-0.39, 0.29) is 0 Å². The van der Waals surface area contributed by atoms with Crippen LogP contribution in [0.5, 0.6) is 5.75 Å². The minimum atomic E-state index is 0.741. The molecule has 1 heterocycles. The van der Waals surface area contributed by atoms with Crippen LogP contribution in [0.4, 0.5) is 0 Å². The molecule has 0 unspecified atom stereocenters. The maximum Gasteiger partial charge on any atom is 0.172 e. The molecule has 0 spiro atoms. The second-order valence-electron chi connectivity index (χ2n) is 7.16. The van der Waals surface area contributed by atoms with Gasteiger partial charge in [0, 0.05) is 11.3 Å². The molecule has 0 amide bonds. The average molecular weight is 403 g/mol. The molecule has 4 aromatic carbocycles. The summed E-state index contributed by atoms with van der Waals surface area (Å²) in [6, 6.07) is 36.8. The summed E-state index contributed by atoms with van der Waals surface area (Å²) >= 11 is 0. The third-order valence-corrected chi connectivity index (χ3v) is 5.28. The standard InChI is InChI=1S/C27H21N3O/c1-31-25-15-9-8-14-24(25)27-29-28-26(30(27)23-12-6-3-7-13-23)22-18-16-21(17-19-22)20-10-4-2-5-11-20/h2-19H,1H3. The molecule has 5 rings (SSSR count). The predicted octanol–water partition coefficient (Wildman–Crippen LogP) is 6.28. The zero-order valence-electron chi connectivity index (χ0n) is 17.1. The quantitative estimate of drug-likeness (QED) is 0.347. The number of aromatic nitrogens is 3. The highest BCUT2D eigenvalue weighted by Crippen LogP contribution is 2.34. The van der Waals surface area contributed by atoms with E-state index < -0.39 is 0 Å². The van der Waals surface area contributed by atoms with Crippen molar-refractivity contribution in [3.05, 3.63) is 109 Å². The molecule has 0 saturated heterocycles. The summed E-state index contributed by atoms with van der Waals surface area (Å²) in [7, 11) is 1.67. The van der Waals surface area contributed by atoms with E-state index in [1.807, 2.05) is 48.5 Å². The number of rotatable bonds is 5. The molecule has 0 aliphatic carbocycles. The van der Waals surface area contributed by atoms with Crippen LogP contribution in [0, 0.1) is 0 Å². The molecular weight excluding hydrogens is 382 g/mol. The molecule has 4 heteroatoms. The summed E-state index contributed by atoms with van der Waals surface area (Å²) in [6.45, 7) is 0. The highest BCUT2D eigenvalue weighted by atomic mass is 16.5. The molecule has 1 aromatic heterocycles. The van der Waals surface area contributed by atoms with Crippen molar-refractivity contribution in [2.24, 2.45) is 0 Å². The Hall–Kier alpha value is -4.18. The van der Waals surface area contributed by atoms with Crippen LogP contribution in [0.3, 0.4) is 0 Å². The number of nitrogens with zero attached hydrogens (tertiary/aromatic N) is 3. The van der Waals surface area contributed by atoms with Crippen LogP contribution in [0.25, 0.3) is 39.6 Å². The van der Waals surface area contributed by atoms with Gasteiger partial charge in [0.25, 0.3) is 0 Å². The van der Waals surface area contributed by atoms with E-state index in [2.05, 4.69) is 75.4 Å². The normalized spacial score (nSPS) is 10.7. The number of hydrogen-bond donors (Lipinski definition) is 0. The Kier molecular flexibility index (Phi) is 5.03. The van der Waals surface area contributed by atoms with E-state index in [1.165, 1.54) is 11.1 Å². The van der Waals surface area contributed by atoms with Crippen molar-refractivity contribution in [2.45, 2.75) is 0 Å². The Labute approximate surface area is 181 Å². The van der Waals surface area contributed by atoms with Crippen LogP contribution >= 0.6 is 0 Å². The van der Waals surface area contributed by atoms with Gasteiger partial charge in [-0.25, -0.2) is 0 Å². The molecule has 0 aliphatic rings. The maximum absolute atomic E-state index is 5.59. The lowest BCUT2D eigenvalue weighted by molar-refractivity contribution is 0.416. The molecule has 0 bridgehead atoms. The molecule has 5 aromatic rings. The lowest BCUT2D eigenvalue weighted by Gasteiger charge is -2.13. The fourth-order valence-corrected chi connectivity index (χ4v) is 3.74. The molecule has 31 heavy (non-hydrogen) atoms. The first-order chi connectivity index (χ1) is 15.3. The highest BCUT2D eigenvalue weighted by Gasteiger charge is 2.19. The Morgan fingerprint density at radius 3 is 1.81 bits per heavy atom. The lowest BCUT2D eigenvalue weighted by Crippen LogP contribution is -2.01. The Bertz CT molecular complexity index is 1290. The molecule has 0 atom stereocenters. The third kappa shape index (κ3) is 3.60. The molecule has 150 valence electrons. The van der Waals surface area contributed by atoms with Gasteiger partial charge in [-0.05, 0) is 35.4 Å². The van der Waals surface area contributed by atoms with Gasteiger partial charge in [0.1, 0.15) is 5.75 Å². The Balaban J connectivity index is 1.65. The van der Waals surface area contributed by atoms with Gasteiger partial charge in [-0.1, -0.05) is 84.9 Å². The van der Waals surface area contributed by atoms with Gasteiger partial charge < -0.3 is 4.74 Å². The molecule has 4 nitrogen and oxygen atoms in total. The van der Waals surface area contributed by atoms with Crippen molar-refractivity contribution in [2.75, 3.05) is 7.11 Å². The molecule has 0 N–H and O–H groups in total. The molecule has 0 saturated carbocycles. The summed E-state index contributed by atoms with van der Waals surface area (Å²) in [5.74, 6) is 2.29. The van der Waals surface area contributed by atoms with Crippen molar-refractivity contribution in [1.29, 1.82) is 0 Å². The van der Waals surface area contributed by atoms with Crippen LogP contribution < -0.4 is 4.74 Å². The van der Waals surface area contributed by atoms with E-state index in [9.17, 15) is 0 Å². The average Bonchev–Trinajstić information content (AvgIpc) is 3.30. The van der Waals surface area contributed by atoms with Crippen LogP contribution in [-0.2, 0) is 0 Å². The summed E-state index contributed by atoms with van der Waals surface area (Å²) in [6.07, 6.45) is 0. The van der Waals surface area contributed by atoms with Gasteiger partial charge in [0.2, 0.25) is 0 Å². The highest BCUT2D eigenvalue weighted by molar-refractivity contribution is 5.72. The SMILES string of the molecule is COc1ccccc1-c1nnc(-c2ccc(-c3ccccc3)cc2)n1-c1ccccc1. The van der Waals surface area contributed by atoms with E-state index in [0.29, 0.717) is 0 Å². The molecule has 0 aliphatic heterocycles. The fourth-order valence-electron chi connectivity index (χ4n) is 3.74. The van der Waals surface area contributed by atoms with Crippen molar-refractivity contribution in [1.82, 2.24) is 14.8 Å². The molecule has 0 radical (unpaired) electrons. The number of ether oxygens (including phenoxy) is 1. The number of para-hydroxylation sites is 2. The summed E-state index contributed by atoms with van der Waals surface area (Å²) in [5.41, 5.74) is 5.24. The van der Waals surface area contributed by atoms with Gasteiger partial charge in [-0.15, -0.1) is 10.2 Å². The van der Waals surface area contributed by atoms with Crippen LogP contribution in [0.15, 0.2) is 109 Å². The first-order valence-corrected chi connectivity index (χ1v) is 10.2. The number of methoxy groups -OCH3 is 1. The largest absolute Gasteiger partial charge is 0.496 e. The van der Waals surface area contributed by atoms with Gasteiger partial charge in [-0.3, -0.25) is 4.57 Å². The van der Waals surface area contributed by atoms with E-state index in [4.69, 9.17) is 4.74 Å². The second kappa shape index (κ2) is 8.28. The van der Waals surface area contributed by atoms with Crippen LogP contribution in [0.2, 0.25) is 0 Å². The van der Waals surface area contributed by atoms with Crippen molar-refractivity contribution in [3.8, 4) is 45.3 Å². The maximum atomic E-state index is 5.59. The lowest BCUT2D eigenvalue weighted by atomic mass is 10.0. The van der Waals surface area contributed by atoms with E-state index in [1.54, 1.807) is 7.11 Å². The first-order valence-electron chi connectivity index (χ1n) is 10.2. The zero-order valence-corrected chi connectivity index (χ0v) is 17.1. The first kappa shape index (κ1) is 18.8. The van der Waals surface area contributed by atoms with Gasteiger partial charge in [-0.2, -0.15) is 0 Å². The van der Waals surface area contributed by atoms with Gasteiger partial charge in [0.15, 0.2) is 11.6 Å². The van der Waals surface area contributed by atoms with Crippen molar-refractivity contribution >= 4 is 0 Å². The summed E-state index contributed by atoms with van der Waals surface area (Å²) in [5, 5.41) is 9.14. The molecule has 0 fully saturated rings. The summed E-state index contributed by atoms with van der Waals surface area (Å²) < 4.78 is 7.67. The van der Waals surface area contributed by atoms with Gasteiger partial charge in [0.05, 0.1) is 12.7 Å². The minimum absolute atomic E-state index is 0.741.